The summed E-state index contributed by atoms with van der Waals surface area (Å²) in [5.74, 6) is -13.7. The third kappa shape index (κ3) is 5.40. The number of carbonyl (C=O) groups is 1. The zero-order valence-electron chi connectivity index (χ0n) is 20.2. The lowest BCUT2D eigenvalue weighted by Crippen LogP contribution is -2.46. The number of halogens is 6. The maximum Gasteiger partial charge on any atom is 0.349 e. The Labute approximate surface area is 213 Å². The first-order valence-corrected chi connectivity index (χ1v) is 11.5. The summed E-state index contributed by atoms with van der Waals surface area (Å²) in [4.78, 5) is 12.2. The Hall–Kier alpha value is -3.41. The molecule has 3 aromatic rings. The van der Waals surface area contributed by atoms with E-state index in [-0.39, 0.29) is 35.3 Å². The number of esters is 1. The molecule has 1 heterocycles. The maximum atomic E-state index is 15.0. The summed E-state index contributed by atoms with van der Waals surface area (Å²) in [7, 11) is 0. The molecule has 0 radical (unpaired) electrons. The summed E-state index contributed by atoms with van der Waals surface area (Å²) in [6.45, 7) is 4.24. The lowest BCUT2D eigenvalue weighted by atomic mass is 9.86. The average molecular weight is 540 g/mol. The van der Waals surface area contributed by atoms with E-state index in [0.717, 1.165) is 25.0 Å². The lowest BCUT2D eigenvalue weighted by molar-refractivity contribution is -0.414. The Morgan fingerprint density at radius 1 is 0.895 bits per heavy atom. The Kier molecular flexibility index (Phi) is 7.55. The number of hydrogen-bond acceptors (Lipinski definition) is 5. The highest BCUT2D eigenvalue weighted by molar-refractivity contribution is 5.92. The minimum atomic E-state index is -2.21. The van der Waals surface area contributed by atoms with Gasteiger partial charge in [-0.1, -0.05) is 32.4 Å². The second-order valence-corrected chi connectivity index (χ2v) is 9.32. The van der Waals surface area contributed by atoms with Crippen LogP contribution in [0.2, 0.25) is 0 Å². The van der Waals surface area contributed by atoms with Gasteiger partial charge in [0.05, 0.1) is 13.2 Å². The quantitative estimate of drug-likeness (QED) is 0.171. The van der Waals surface area contributed by atoms with Gasteiger partial charge in [-0.25, -0.2) is 31.1 Å². The molecule has 0 aliphatic carbocycles. The smallest absolute Gasteiger partial charge is 0.349 e. The van der Waals surface area contributed by atoms with Gasteiger partial charge in [-0.2, -0.15) is 0 Å². The minimum absolute atomic E-state index is 0.0720. The molecule has 0 saturated carbocycles. The van der Waals surface area contributed by atoms with Crippen LogP contribution in [0, 0.1) is 40.3 Å². The van der Waals surface area contributed by atoms with Crippen LogP contribution >= 0.6 is 0 Å². The third-order valence-corrected chi connectivity index (χ3v) is 6.15. The molecule has 3 aromatic carbocycles. The first-order chi connectivity index (χ1) is 17.9. The van der Waals surface area contributed by atoms with E-state index in [1.54, 1.807) is 0 Å². The zero-order valence-corrected chi connectivity index (χ0v) is 20.2. The predicted octanol–water partition coefficient (Wildman–Crippen LogP) is 6.36. The molecule has 0 bridgehead atoms. The van der Waals surface area contributed by atoms with E-state index in [1.807, 2.05) is 13.8 Å². The molecule has 11 heteroatoms. The van der Waals surface area contributed by atoms with Gasteiger partial charge in [0.1, 0.15) is 28.8 Å². The van der Waals surface area contributed by atoms with Gasteiger partial charge in [0, 0.05) is 28.7 Å². The summed E-state index contributed by atoms with van der Waals surface area (Å²) in [6, 6.07) is 5.27. The van der Waals surface area contributed by atoms with Crippen molar-refractivity contribution in [3.63, 3.8) is 0 Å². The highest BCUT2D eigenvalue weighted by Gasteiger charge is 2.42. The molecular weight excluding hydrogens is 518 g/mol. The third-order valence-electron chi connectivity index (χ3n) is 6.15. The van der Waals surface area contributed by atoms with Crippen molar-refractivity contribution in [1.82, 2.24) is 0 Å². The summed E-state index contributed by atoms with van der Waals surface area (Å²) >= 11 is 0. The Bertz CT molecular complexity index is 1340. The molecule has 1 aliphatic rings. The number of aliphatic hydroxyl groups is 1. The van der Waals surface area contributed by atoms with Crippen LogP contribution in [0.25, 0.3) is 11.1 Å². The fourth-order valence-electron chi connectivity index (χ4n) is 4.16. The summed E-state index contributed by atoms with van der Waals surface area (Å²) in [5, 5.41) is 10.7. The van der Waals surface area contributed by atoms with Crippen molar-refractivity contribution in [1.29, 1.82) is 0 Å². The van der Waals surface area contributed by atoms with E-state index in [9.17, 15) is 36.2 Å². The number of rotatable bonds is 6. The van der Waals surface area contributed by atoms with Gasteiger partial charge in [0.2, 0.25) is 0 Å². The monoisotopic (exact) mass is 540 g/mol. The van der Waals surface area contributed by atoms with E-state index in [1.165, 1.54) is 6.07 Å². The van der Waals surface area contributed by atoms with Crippen molar-refractivity contribution in [2.24, 2.45) is 5.41 Å². The highest BCUT2D eigenvalue weighted by atomic mass is 19.2. The van der Waals surface area contributed by atoms with Crippen LogP contribution < -0.4 is 4.74 Å². The first kappa shape index (κ1) is 27.6. The van der Waals surface area contributed by atoms with E-state index < -0.39 is 58.2 Å². The van der Waals surface area contributed by atoms with Crippen LogP contribution in [0.3, 0.4) is 0 Å². The van der Waals surface area contributed by atoms with E-state index in [0.29, 0.717) is 24.3 Å². The van der Waals surface area contributed by atoms with E-state index in [4.69, 9.17) is 9.47 Å². The SMILES string of the molecule is CCCC1(C)COC(O)(c2ccc(-c3cc(F)c(C(=O)Oc4cc(F)c(F)c(F)c4)c(F)c3)c(F)c2)OC1. The highest BCUT2D eigenvalue weighted by Crippen LogP contribution is 2.38. The number of benzene rings is 3. The number of hydrogen-bond donors (Lipinski definition) is 1. The molecule has 1 aliphatic heterocycles. The molecule has 0 unspecified atom stereocenters. The number of ether oxygens (including phenoxy) is 3. The van der Waals surface area contributed by atoms with Crippen LogP contribution in [0.5, 0.6) is 5.75 Å². The number of carbonyl (C=O) groups excluding carboxylic acids is 1. The molecule has 0 spiro atoms. The molecule has 0 atom stereocenters. The molecule has 0 amide bonds. The van der Waals surface area contributed by atoms with Crippen molar-refractivity contribution in [2.75, 3.05) is 13.2 Å². The van der Waals surface area contributed by atoms with Gasteiger partial charge in [0.15, 0.2) is 17.5 Å². The second kappa shape index (κ2) is 10.4. The van der Waals surface area contributed by atoms with Gasteiger partial charge < -0.3 is 19.3 Å². The van der Waals surface area contributed by atoms with E-state index >= 15 is 0 Å². The standard InChI is InChI=1S/C27H22F6O5/c1-3-6-26(2)12-36-27(35,37-13-26)15-4-5-17(18(28)9-15)14-7-19(29)23(20(30)8-14)25(34)38-16-10-21(31)24(33)22(32)11-16/h4-5,7-11,35H,3,6,12-13H2,1-2H3. The first-order valence-electron chi connectivity index (χ1n) is 11.5. The largest absolute Gasteiger partial charge is 0.423 e. The lowest BCUT2D eigenvalue weighted by Gasteiger charge is -2.41. The topological polar surface area (TPSA) is 65.0 Å². The Morgan fingerprint density at radius 3 is 2.00 bits per heavy atom. The summed E-state index contributed by atoms with van der Waals surface area (Å²) < 4.78 is 99.8. The molecule has 4 rings (SSSR count). The molecule has 1 N–H and O–H groups in total. The van der Waals surface area contributed by atoms with Crippen LogP contribution in [-0.4, -0.2) is 24.3 Å². The van der Waals surface area contributed by atoms with E-state index in [2.05, 4.69) is 4.74 Å². The maximum absolute atomic E-state index is 15.0. The molecule has 1 fully saturated rings. The predicted molar refractivity (Wildman–Crippen MR) is 122 cm³/mol. The van der Waals surface area contributed by atoms with Crippen LogP contribution in [0.15, 0.2) is 42.5 Å². The van der Waals surface area contributed by atoms with Gasteiger partial charge >= 0.3 is 11.9 Å². The van der Waals surface area contributed by atoms with Crippen molar-refractivity contribution in [2.45, 2.75) is 32.7 Å². The normalized spacial score (nSPS) is 21.4. The molecular formula is C27H22F6O5. The van der Waals surface area contributed by atoms with Crippen LogP contribution in [-0.2, 0) is 15.4 Å². The van der Waals surface area contributed by atoms with Crippen molar-refractivity contribution in [3.8, 4) is 16.9 Å². The fraction of sp³-hybridized carbons (Fsp3) is 0.296. The summed E-state index contributed by atoms with van der Waals surface area (Å²) in [6.07, 6.45) is 1.66. The van der Waals surface area contributed by atoms with Gasteiger partial charge in [-0.3, -0.25) is 0 Å². The molecule has 5 nitrogen and oxygen atoms in total. The summed E-state index contributed by atoms with van der Waals surface area (Å²) in [5.41, 5.74) is -2.19. The van der Waals surface area contributed by atoms with Crippen molar-refractivity contribution >= 4 is 5.97 Å². The van der Waals surface area contributed by atoms with Crippen LogP contribution in [0.4, 0.5) is 26.3 Å². The Morgan fingerprint density at radius 2 is 1.47 bits per heavy atom. The second-order valence-electron chi connectivity index (χ2n) is 9.32. The van der Waals surface area contributed by atoms with Crippen LogP contribution in [0.1, 0.15) is 42.6 Å². The van der Waals surface area contributed by atoms with Gasteiger partial charge in [-0.15, -0.1) is 0 Å². The van der Waals surface area contributed by atoms with Crippen molar-refractivity contribution in [3.05, 3.63) is 88.5 Å². The zero-order chi connectivity index (χ0) is 27.8. The Balaban J connectivity index is 1.57. The molecule has 202 valence electrons. The molecule has 1 saturated heterocycles. The fourth-order valence-corrected chi connectivity index (χ4v) is 4.16. The average Bonchev–Trinajstić information content (AvgIpc) is 2.84. The van der Waals surface area contributed by atoms with Gasteiger partial charge in [0.25, 0.3) is 0 Å². The molecule has 38 heavy (non-hydrogen) atoms. The molecule has 0 aromatic heterocycles. The van der Waals surface area contributed by atoms with Gasteiger partial charge in [-0.05, 0) is 30.2 Å². The van der Waals surface area contributed by atoms with Crippen molar-refractivity contribution < 1.29 is 50.5 Å². The minimum Gasteiger partial charge on any atom is -0.423 e.